The van der Waals surface area contributed by atoms with Crippen molar-refractivity contribution >= 4 is 22.8 Å². The minimum absolute atomic E-state index is 0.0961. The van der Waals surface area contributed by atoms with E-state index in [0.717, 1.165) is 16.9 Å². The fraction of sp³-hybridized carbons (Fsp3) is 0.300. The van der Waals surface area contributed by atoms with E-state index in [-0.39, 0.29) is 23.1 Å². The summed E-state index contributed by atoms with van der Waals surface area (Å²) in [4.78, 5) is 48.8. The Labute approximate surface area is 166 Å². The van der Waals surface area contributed by atoms with Crippen molar-refractivity contribution in [2.75, 3.05) is 26.2 Å². The van der Waals surface area contributed by atoms with Crippen LogP contribution in [-0.4, -0.2) is 68.0 Å². The Balaban J connectivity index is 1.45. The number of nitrogens with zero attached hydrogens (tertiary/aromatic N) is 5. The fourth-order valence-corrected chi connectivity index (χ4v) is 3.28. The number of aromatic nitrogens is 4. The summed E-state index contributed by atoms with van der Waals surface area (Å²) in [5, 5.41) is 6.04. The van der Waals surface area contributed by atoms with Gasteiger partial charge >= 0.3 is 0 Å². The molecule has 0 radical (unpaired) electrons. The maximum atomic E-state index is 12.9. The number of hydrogen-bond donors (Lipinski definition) is 1. The van der Waals surface area contributed by atoms with Crippen LogP contribution in [0, 0.1) is 13.8 Å². The predicted molar refractivity (Wildman–Crippen MR) is 106 cm³/mol. The van der Waals surface area contributed by atoms with Crippen LogP contribution in [0.15, 0.2) is 35.1 Å². The highest BCUT2D eigenvalue weighted by Gasteiger charge is 2.26. The molecule has 0 atom stereocenters. The number of carbonyl (C=O) groups excluding carboxylic acids is 2. The van der Waals surface area contributed by atoms with Gasteiger partial charge in [0.25, 0.3) is 17.4 Å². The Morgan fingerprint density at radius 2 is 1.48 bits per heavy atom. The summed E-state index contributed by atoms with van der Waals surface area (Å²) < 4.78 is 0. The van der Waals surface area contributed by atoms with Crippen LogP contribution in [0.5, 0.6) is 0 Å². The van der Waals surface area contributed by atoms with Gasteiger partial charge in [-0.15, -0.1) is 0 Å². The van der Waals surface area contributed by atoms with Crippen LogP contribution < -0.4 is 5.56 Å². The maximum absolute atomic E-state index is 12.9. The molecule has 9 heteroatoms. The van der Waals surface area contributed by atoms with Gasteiger partial charge in [0.05, 0.1) is 22.4 Å². The number of fused-ring (bicyclic) bond motifs is 1. The second-order valence-corrected chi connectivity index (χ2v) is 6.99. The summed E-state index contributed by atoms with van der Waals surface area (Å²) in [6.07, 6.45) is 0. The molecule has 0 aliphatic carbocycles. The first-order valence-corrected chi connectivity index (χ1v) is 9.31. The number of benzene rings is 1. The van der Waals surface area contributed by atoms with E-state index >= 15 is 0 Å². The molecule has 3 heterocycles. The van der Waals surface area contributed by atoms with Crippen molar-refractivity contribution in [3.05, 3.63) is 63.3 Å². The Morgan fingerprint density at radius 1 is 0.862 bits per heavy atom. The molecule has 1 N–H and O–H groups in total. The van der Waals surface area contributed by atoms with Gasteiger partial charge in [-0.1, -0.05) is 0 Å². The standard InChI is InChI=1S/C20H20N6O3/c1-12-13(2)22-17-11-14(3-4-15(17)21-12)19(28)25-7-9-26(10-8-25)20(29)16-5-6-18(27)24-23-16/h3-6,11H,7-10H2,1-2H3,(H,24,27). The van der Waals surface area contributed by atoms with Crippen molar-refractivity contribution < 1.29 is 9.59 Å². The maximum Gasteiger partial charge on any atom is 0.274 e. The molecule has 4 rings (SSSR count). The number of piperazine rings is 1. The van der Waals surface area contributed by atoms with Crippen LogP contribution in [0.2, 0.25) is 0 Å². The van der Waals surface area contributed by atoms with E-state index in [1.807, 2.05) is 19.9 Å². The number of carbonyl (C=O) groups is 2. The summed E-state index contributed by atoms with van der Waals surface area (Å²) in [5.74, 6) is -0.360. The number of H-pyrrole nitrogens is 1. The van der Waals surface area contributed by atoms with Gasteiger partial charge in [0, 0.05) is 37.8 Å². The first-order valence-electron chi connectivity index (χ1n) is 9.31. The van der Waals surface area contributed by atoms with Crippen LogP contribution in [-0.2, 0) is 0 Å². The lowest BCUT2D eigenvalue weighted by Gasteiger charge is -2.34. The predicted octanol–water partition coefficient (Wildman–Crippen LogP) is 0.928. The van der Waals surface area contributed by atoms with E-state index in [4.69, 9.17) is 0 Å². The summed E-state index contributed by atoms with van der Waals surface area (Å²) in [6.45, 7) is 5.44. The average Bonchev–Trinajstić information content (AvgIpc) is 2.74. The van der Waals surface area contributed by atoms with Crippen molar-refractivity contribution in [3.8, 4) is 0 Å². The number of hydrogen-bond acceptors (Lipinski definition) is 6. The van der Waals surface area contributed by atoms with Gasteiger partial charge in [-0.3, -0.25) is 14.4 Å². The molecule has 1 fully saturated rings. The largest absolute Gasteiger partial charge is 0.335 e. The lowest BCUT2D eigenvalue weighted by molar-refractivity contribution is 0.0531. The zero-order chi connectivity index (χ0) is 20.5. The third-order valence-electron chi connectivity index (χ3n) is 5.07. The quantitative estimate of drug-likeness (QED) is 0.694. The molecule has 0 spiro atoms. The van der Waals surface area contributed by atoms with E-state index in [1.54, 1.807) is 21.9 Å². The van der Waals surface area contributed by atoms with Crippen LogP contribution in [0.3, 0.4) is 0 Å². The molecule has 1 aliphatic heterocycles. The van der Waals surface area contributed by atoms with E-state index in [2.05, 4.69) is 20.2 Å². The van der Waals surface area contributed by atoms with Gasteiger partial charge in [0.2, 0.25) is 0 Å². The zero-order valence-corrected chi connectivity index (χ0v) is 16.2. The van der Waals surface area contributed by atoms with E-state index in [1.165, 1.54) is 12.1 Å². The second-order valence-electron chi connectivity index (χ2n) is 6.99. The minimum atomic E-state index is -0.359. The highest BCUT2D eigenvalue weighted by atomic mass is 16.2. The van der Waals surface area contributed by atoms with Gasteiger partial charge in [-0.2, -0.15) is 5.10 Å². The van der Waals surface area contributed by atoms with Gasteiger partial charge < -0.3 is 9.80 Å². The monoisotopic (exact) mass is 392 g/mol. The first-order chi connectivity index (χ1) is 13.9. The van der Waals surface area contributed by atoms with Crippen molar-refractivity contribution in [3.63, 3.8) is 0 Å². The third kappa shape index (κ3) is 3.71. The molecule has 1 aliphatic rings. The Hall–Kier alpha value is -3.62. The lowest BCUT2D eigenvalue weighted by atomic mass is 10.1. The number of rotatable bonds is 2. The number of aryl methyl sites for hydroxylation is 2. The summed E-state index contributed by atoms with van der Waals surface area (Å²) >= 11 is 0. The van der Waals surface area contributed by atoms with Crippen molar-refractivity contribution in [2.45, 2.75) is 13.8 Å². The smallest absolute Gasteiger partial charge is 0.274 e. The van der Waals surface area contributed by atoms with Crippen molar-refractivity contribution in [1.82, 2.24) is 30.0 Å². The number of amides is 2. The molecule has 148 valence electrons. The van der Waals surface area contributed by atoms with Crippen LogP contribution in [0.1, 0.15) is 32.2 Å². The molecular weight excluding hydrogens is 372 g/mol. The molecular formula is C20H20N6O3. The molecule has 1 saturated heterocycles. The summed E-state index contributed by atoms with van der Waals surface area (Å²) in [5.41, 5.74) is 3.53. The minimum Gasteiger partial charge on any atom is -0.335 e. The molecule has 0 bridgehead atoms. The van der Waals surface area contributed by atoms with Crippen LogP contribution >= 0.6 is 0 Å². The topological polar surface area (TPSA) is 112 Å². The molecule has 29 heavy (non-hydrogen) atoms. The van der Waals surface area contributed by atoms with E-state index < -0.39 is 0 Å². The molecule has 9 nitrogen and oxygen atoms in total. The molecule has 3 aromatic rings. The first kappa shape index (κ1) is 18.7. The number of nitrogens with one attached hydrogen (secondary N) is 1. The summed E-state index contributed by atoms with van der Waals surface area (Å²) in [7, 11) is 0. The normalized spacial score (nSPS) is 14.3. The van der Waals surface area contributed by atoms with Crippen molar-refractivity contribution in [2.24, 2.45) is 0 Å². The van der Waals surface area contributed by atoms with Crippen LogP contribution in [0.25, 0.3) is 11.0 Å². The van der Waals surface area contributed by atoms with Gasteiger partial charge in [-0.25, -0.2) is 15.1 Å². The summed E-state index contributed by atoms with van der Waals surface area (Å²) in [6, 6.07) is 8.00. The van der Waals surface area contributed by atoms with Gasteiger partial charge in [-0.05, 0) is 38.1 Å². The molecule has 0 unspecified atom stereocenters. The Kier molecular flexibility index (Phi) is 4.79. The number of aromatic amines is 1. The van der Waals surface area contributed by atoms with E-state index in [9.17, 15) is 14.4 Å². The second kappa shape index (κ2) is 7.42. The Morgan fingerprint density at radius 3 is 2.10 bits per heavy atom. The molecule has 2 amide bonds. The highest BCUT2D eigenvalue weighted by Crippen LogP contribution is 2.17. The molecule has 0 saturated carbocycles. The Bertz CT molecular complexity index is 1140. The highest BCUT2D eigenvalue weighted by molar-refractivity contribution is 5.97. The van der Waals surface area contributed by atoms with Gasteiger partial charge in [0.15, 0.2) is 0 Å². The SMILES string of the molecule is Cc1nc2ccc(C(=O)N3CCN(C(=O)c4ccc(=O)[nH]n4)CC3)cc2nc1C. The van der Waals surface area contributed by atoms with Crippen LogP contribution in [0.4, 0.5) is 0 Å². The lowest BCUT2D eigenvalue weighted by Crippen LogP contribution is -2.50. The van der Waals surface area contributed by atoms with E-state index in [0.29, 0.717) is 37.3 Å². The fourth-order valence-electron chi connectivity index (χ4n) is 3.28. The average molecular weight is 392 g/mol. The zero-order valence-electron chi connectivity index (χ0n) is 16.2. The van der Waals surface area contributed by atoms with Gasteiger partial charge in [0.1, 0.15) is 5.69 Å². The molecule has 2 aromatic heterocycles. The third-order valence-corrected chi connectivity index (χ3v) is 5.07. The molecule has 1 aromatic carbocycles. The van der Waals surface area contributed by atoms with Crippen molar-refractivity contribution in [1.29, 1.82) is 0 Å².